The Hall–Kier alpha value is -4.44. The fourth-order valence-electron chi connectivity index (χ4n) is 5.84. The van der Waals surface area contributed by atoms with Crippen LogP contribution in [0.1, 0.15) is 46.1 Å². The van der Waals surface area contributed by atoms with Crippen molar-refractivity contribution in [2.24, 2.45) is 43.3 Å². The summed E-state index contributed by atoms with van der Waals surface area (Å²) >= 11 is 0. The standard InChI is InChI=1S/C33H45N7O8/c1-16-12-20-26-21(37-33(38-26)39-31(34)40-11-10-25(40)41)15-22(28(20)43)36-30(44)17(2)8-7-9-23(46-5)29(48-32(35)45)19(4)14-18(3)27(42)24(13-16)47-6/h7-9,14-16,18,23-25,27,29,41-43H,10-13H2,1-6H3,(H2,35,45)(H2,34,37,39)/b9-7-,17-8+,19-14+,36-22?/t16-,18+,23+,24+,25?,27-,29+/m1/s1. The molecule has 3 aliphatic rings. The summed E-state index contributed by atoms with van der Waals surface area (Å²) in [5.41, 5.74) is 13.0. The molecule has 15 heteroatoms. The number of allylic oxidation sites excluding steroid dienone is 2. The van der Waals surface area contributed by atoms with Crippen molar-refractivity contribution in [3.8, 4) is 5.75 Å². The summed E-state index contributed by atoms with van der Waals surface area (Å²) in [5, 5.41) is 33.1. The zero-order valence-electron chi connectivity index (χ0n) is 28.0. The summed E-state index contributed by atoms with van der Waals surface area (Å²) in [6.07, 6.45) is 2.66. The number of phenols is 1. The summed E-state index contributed by atoms with van der Waals surface area (Å²) in [6.45, 7) is 7.60. The number of aliphatic imine (C=N–C) groups is 2. The Morgan fingerprint density at radius 1 is 1.10 bits per heavy atom. The molecular formula is C33H45N7O8. The van der Waals surface area contributed by atoms with Gasteiger partial charge in [-0.3, -0.25) is 4.79 Å². The lowest BCUT2D eigenvalue weighted by atomic mass is 9.88. The quantitative estimate of drug-likeness (QED) is 0.175. The third-order valence-corrected chi connectivity index (χ3v) is 8.66. The number of hydrogen-bond acceptors (Lipinski definition) is 11. The van der Waals surface area contributed by atoms with Crippen molar-refractivity contribution in [3.63, 3.8) is 0 Å². The largest absolute Gasteiger partial charge is 0.505 e. The zero-order valence-corrected chi connectivity index (χ0v) is 28.0. The average Bonchev–Trinajstić information content (AvgIpc) is 3.42. The third-order valence-electron chi connectivity index (χ3n) is 8.66. The number of likely N-dealkylation sites (tertiary alicyclic amines) is 1. The summed E-state index contributed by atoms with van der Waals surface area (Å²) in [7, 11) is 2.95. The zero-order chi connectivity index (χ0) is 35.3. The van der Waals surface area contributed by atoms with E-state index in [-0.39, 0.29) is 40.9 Å². The van der Waals surface area contributed by atoms with Gasteiger partial charge in [0.15, 0.2) is 6.10 Å². The summed E-state index contributed by atoms with van der Waals surface area (Å²) in [5.74, 6) is -1.39. The van der Waals surface area contributed by atoms with Crippen LogP contribution in [0, 0.1) is 11.8 Å². The molecule has 15 nitrogen and oxygen atoms in total. The number of methoxy groups -OCH3 is 2. The Kier molecular flexibility index (Phi) is 11.9. The molecule has 4 rings (SSSR count). The number of ether oxygens (including phenoxy) is 3. The maximum atomic E-state index is 13.2. The smallest absolute Gasteiger partial charge is 0.405 e. The van der Waals surface area contributed by atoms with Gasteiger partial charge in [-0.1, -0.05) is 38.2 Å². The molecule has 0 saturated carbocycles. The number of amides is 2. The van der Waals surface area contributed by atoms with E-state index < -0.39 is 48.6 Å². The van der Waals surface area contributed by atoms with E-state index in [0.29, 0.717) is 41.6 Å². The van der Waals surface area contributed by atoms with E-state index in [2.05, 4.69) is 20.0 Å². The molecule has 1 saturated heterocycles. The van der Waals surface area contributed by atoms with Crippen molar-refractivity contribution in [3.05, 3.63) is 57.8 Å². The molecule has 3 aliphatic heterocycles. The van der Waals surface area contributed by atoms with Crippen LogP contribution in [0.5, 0.6) is 5.75 Å². The van der Waals surface area contributed by atoms with Gasteiger partial charge in [0, 0.05) is 44.2 Å². The first kappa shape index (κ1) is 36.4. The molecule has 1 fully saturated rings. The van der Waals surface area contributed by atoms with E-state index in [1.165, 1.54) is 31.3 Å². The Morgan fingerprint density at radius 3 is 2.44 bits per heavy atom. The maximum Gasteiger partial charge on any atom is 0.405 e. The minimum Gasteiger partial charge on any atom is -0.505 e. The van der Waals surface area contributed by atoms with E-state index in [1.807, 2.05) is 13.8 Å². The molecule has 1 aromatic rings. The highest BCUT2D eigenvalue weighted by molar-refractivity contribution is 5.97. The first-order valence-electron chi connectivity index (χ1n) is 15.7. The molecular weight excluding hydrogens is 622 g/mol. The molecule has 0 aliphatic carbocycles. The number of benzene rings is 1. The number of carbonyl (C=O) groups excluding carboxylic acids is 2. The van der Waals surface area contributed by atoms with Crippen LogP contribution in [0.25, 0.3) is 0 Å². The number of primary amides is 1. The van der Waals surface area contributed by atoms with E-state index in [1.54, 1.807) is 32.1 Å². The molecule has 1 unspecified atom stereocenters. The van der Waals surface area contributed by atoms with Crippen molar-refractivity contribution >= 4 is 29.6 Å². The SMILES string of the molecule is CO[C@H]1/C=C\C=C(/C)C(=O)N=c2cc3c(c(c2O)C[C@@H](C)C[C@H](OC)[C@H](O)[C@@H](C)/C=C(\C)[C@@H]1OC(N)=O)=NC(/N=C(\N)N1CCC1O)=N3. The first-order chi connectivity index (χ1) is 22.7. The van der Waals surface area contributed by atoms with Crippen LogP contribution in [-0.4, -0.2) is 95.5 Å². The second kappa shape index (κ2) is 15.6. The highest BCUT2D eigenvalue weighted by Crippen LogP contribution is 2.26. The fourth-order valence-corrected chi connectivity index (χ4v) is 5.84. The predicted molar refractivity (Wildman–Crippen MR) is 177 cm³/mol. The van der Waals surface area contributed by atoms with Crippen molar-refractivity contribution in [2.45, 2.75) is 77.6 Å². The lowest BCUT2D eigenvalue weighted by Crippen LogP contribution is -2.54. The summed E-state index contributed by atoms with van der Waals surface area (Å²) in [6, 6.07) is 1.45. The van der Waals surface area contributed by atoms with Crippen LogP contribution in [0.15, 0.2) is 61.5 Å². The number of rotatable bonds is 3. The molecule has 2 bridgehead atoms. The first-order valence-corrected chi connectivity index (χ1v) is 15.7. The highest BCUT2D eigenvalue weighted by atomic mass is 16.6. The van der Waals surface area contributed by atoms with Crippen LogP contribution in [0.4, 0.5) is 10.5 Å². The van der Waals surface area contributed by atoms with Crippen LogP contribution < -0.4 is 22.2 Å². The topological polar surface area (TPSA) is 227 Å². The number of aliphatic hydroxyl groups is 2. The monoisotopic (exact) mass is 667 g/mol. The fraction of sp³-hybridized carbons (Fsp3) is 0.515. The van der Waals surface area contributed by atoms with Gasteiger partial charge in [0.05, 0.1) is 23.3 Å². The van der Waals surface area contributed by atoms with Gasteiger partial charge in [-0.2, -0.15) is 4.99 Å². The van der Waals surface area contributed by atoms with Gasteiger partial charge in [0.2, 0.25) is 5.96 Å². The normalized spacial score (nSPS) is 31.5. The van der Waals surface area contributed by atoms with Gasteiger partial charge in [-0.15, -0.1) is 0 Å². The van der Waals surface area contributed by atoms with Crippen molar-refractivity contribution in [1.82, 2.24) is 4.90 Å². The van der Waals surface area contributed by atoms with Gasteiger partial charge in [0.1, 0.15) is 23.4 Å². The highest BCUT2D eigenvalue weighted by Gasteiger charge is 2.31. The number of carbonyl (C=O) groups is 2. The molecule has 2 amide bonds. The minimum absolute atomic E-state index is 0.00706. The third kappa shape index (κ3) is 8.34. The van der Waals surface area contributed by atoms with Gasteiger partial charge in [0.25, 0.3) is 11.9 Å². The Bertz CT molecular complexity index is 1680. The number of aromatic hydroxyl groups is 1. The summed E-state index contributed by atoms with van der Waals surface area (Å²) in [4.78, 5) is 44.0. The number of guanidine groups is 2. The second-order valence-corrected chi connectivity index (χ2v) is 12.3. The molecule has 260 valence electrons. The number of nitrogens with zero attached hydrogens (tertiary/aromatic N) is 5. The number of phenolic OH excluding ortho intramolecular Hbond substituents is 1. The number of aliphatic hydroxyl groups excluding tert-OH is 2. The maximum absolute atomic E-state index is 13.2. The predicted octanol–water partition coefficient (Wildman–Crippen LogP) is 1.02. The van der Waals surface area contributed by atoms with E-state index in [9.17, 15) is 24.9 Å². The lowest BCUT2D eigenvalue weighted by molar-refractivity contribution is -0.114. The Morgan fingerprint density at radius 2 is 1.83 bits per heavy atom. The number of hydrogen-bond donors (Lipinski definition) is 5. The molecule has 0 radical (unpaired) electrons. The Balaban J connectivity index is 1.83. The van der Waals surface area contributed by atoms with E-state index >= 15 is 0 Å². The molecule has 3 heterocycles. The minimum atomic E-state index is -0.999. The second-order valence-electron chi connectivity index (χ2n) is 12.3. The molecule has 1 aromatic carbocycles. The molecule has 7 atom stereocenters. The Labute approximate surface area is 278 Å². The van der Waals surface area contributed by atoms with Gasteiger partial charge < -0.3 is 45.9 Å². The number of nitrogens with two attached hydrogens (primary N) is 2. The lowest BCUT2D eigenvalue weighted by Gasteiger charge is -2.37. The van der Waals surface area contributed by atoms with Crippen LogP contribution in [0.2, 0.25) is 0 Å². The van der Waals surface area contributed by atoms with Crippen molar-refractivity contribution in [2.75, 3.05) is 20.8 Å². The molecule has 48 heavy (non-hydrogen) atoms. The van der Waals surface area contributed by atoms with Gasteiger partial charge in [-0.25, -0.2) is 19.8 Å². The molecule has 7 N–H and O–H groups in total. The average molecular weight is 668 g/mol. The van der Waals surface area contributed by atoms with Crippen LogP contribution >= 0.6 is 0 Å². The van der Waals surface area contributed by atoms with E-state index in [0.717, 1.165) is 0 Å². The molecule has 0 aromatic heterocycles. The molecule has 0 spiro atoms. The van der Waals surface area contributed by atoms with Crippen LogP contribution in [0.3, 0.4) is 0 Å². The summed E-state index contributed by atoms with van der Waals surface area (Å²) < 4.78 is 16.7. The number of fused-ring (bicyclic) bond motifs is 4. The van der Waals surface area contributed by atoms with E-state index in [4.69, 9.17) is 25.7 Å². The van der Waals surface area contributed by atoms with Crippen LogP contribution in [-0.2, 0) is 25.4 Å². The van der Waals surface area contributed by atoms with Gasteiger partial charge in [-0.05, 0) is 44.2 Å². The van der Waals surface area contributed by atoms with Gasteiger partial charge >= 0.3 is 6.09 Å². The van der Waals surface area contributed by atoms with Crippen molar-refractivity contribution < 1.29 is 39.1 Å². The van der Waals surface area contributed by atoms with Crippen molar-refractivity contribution in [1.29, 1.82) is 0 Å².